The summed E-state index contributed by atoms with van der Waals surface area (Å²) in [6, 6.07) is 5.73. The molecule has 0 saturated heterocycles. The number of methoxy groups -OCH3 is 1. The van der Waals surface area contributed by atoms with Gasteiger partial charge in [-0.05, 0) is 24.6 Å². The average molecular weight is 293 g/mol. The van der Waals surface area contributed by atoms with Crippen LogP contribution in [0.1, 0.15) is 16.8 Å². The molecule has 0 amide bonds. The van der Waals surface area contributed by atoms with E-state index in [1.807, 2.05) is 30.5 Å². The highest BCUT2D eigenvalue weighted by atomic mass is 32.2. The van der Waals surface area contributed by atoms with Gasteiger partial charge in [-0.1, -0.05) is 17.8 Å². The maximum absolute atomic E-state index is 7.56. The van der Waals surface area contributed by atoms with Gasteiger partial charge in [-0.15, -0.1) is 11.3 Å². The van der Waals surface area contributed by atoms with Crippen LogP contribution in [0.4, 0.5) is 0 Å². The number of nitrogens with zero attached hydrogens (tertiary/aromatic N) is 1. The fourth-order valence-electron chi connectivity index (χ4n) is 1.60. The normalized spacial score (nSPS) is 10.4. The molecule has 4 nitrogen and oxygen atoms in total. The molecule has 0 spiro atoms. The van der Waals surface area contributed by atoms with Gasteiger partial charge in [0, 0.05) is 16.8 Å². The van der Waals surface area contributed by atoms with E-state index < -0.39 is 0 Å². The number of aryl methyl sites for hydroxylation is 1. The Morgan fingerprint density at radius 2 is 2.32 bits per heavy atom. The monoisotopic (exact) mass is 293 g/mol. The minimum Gasteiger partial charge on any atom is -0.496 e. The number of hydrogen-bond donors (Lipinski definition) is 2. The molecule has 0 aliphatic carbocycles. The summed E-state index contributed by atoms with van der Waals surface area (Å²) in [6.07, 6.45) is 0. The minimum absolute atomic E-state index is 0.0220. The first-order valence-electron chi connectivity index (χ1n) is 5.66. The van der Waals surface area contributed by atoms with Crippen molar-refractivity contribution in [3.63, 3.8) is 0 Å². The second-order valence-electron chi connectivity index (χ2n) is 3.99. The molecule has 19 heavy (non-hydrogen) atoms. The Labute approximate surface area is 120 Å². The molecule has 0 atom stereocenters. The molecule has 0 saturated carbocycles. The maximum atomic E-state index is 7.56. The van der Waals surface area contributed by atoms with E-state index in [0.29, 0.717) is 11.3 Å². The number of aromatic nitrogens is 1. The molecule has 0 radical (unpaired) electrons. The van der Waals surface area contributed by atoms with Gasteiger partial charge in [-0.25, -0.2) is 4.98 Å². The van der Waals surface area contributed by atoms with Crippen LogP contribution in [0, 0.1) is 12.3 Å². The first-order valence-corrected chi connectivity index (χ1v) is 7.53. The van der Waals surface area contributed by atoms with Gasteiger partial charge in [0.25, 0.3) is 0 Å². The molecule has 3 N–H and O–H groups in total. The number of nitrogens with two attached hydrogens (primary N) is 1. The van der Waals surface area contributed by atoms with Crippen molar-refractivity contribution in [2.24, 2.45) is 5.73 Å². The molecule has 0 bridgehead atoms. The molecule has 0 aliphatic rings. The largest absolute Gasteiger partial charge is 0.496 e. The summed E-state index contributed by atoms with van der Waals surface area (Å²) in [7, 11) is 1.58. The molecular weight excluding hydrogens is 278 g/mol. The predicted molar refractivity (Wildman–Crippen MR) is 80.4 cm³/mol. The highest BCUT2D eigenvalue weighted by Crippen LogP contribution is 2.28. The smallest absolute Gasteiger partial charge is 0.150 e. The molecule has 6 heteroatoms. The zero-order valence-corrected chi connectivity index (χ0v) is 12.4. The van der Waals surface area contributed by atoms with Crippen LogP contribution in [0.3, 0.4) is 0 Å². The zero-order valence-electron chi connectivity index (χ0n) is 10.8. The zero-order chi connectivity index (χ0) is 13.8. The summed E-state index contributed by atoms with van der Waals surface area (Å²) in [5.74, 6) is 1.46. The molecule has 100 valence electrons. The van der Waals surface area contributed by atoms with Crippen LogP contribution in [0.2, 0.25) is 0 Å². The minimum atomic E-state index is 0.0220. The van der Waals surface area contributed by atoms with Crippen LogP contribution in [-0.4, -0.2) is 17.9 Å². The Kier molecular flexibility index (Phi) is 4.44. The topological polar surface area (TPSA) is 72.0 Å². The van der Waals surface area contributed by atoms with Crippen molar-refractivity contribution in [1.29, 1.82) is 5.41 Å². The number of ether oxygens (including phenoxy) is 1. The van der Waals surface area contributed by atoms with Crippen LogP contribution in [0.5, 0.6) is 5.75 Å². The molecule has 1 aromatic carbocycles. The standard InChI is InChI=1S/C13H15N3OS2/c1-8-6-18-13(16-8)19-7-9-3-4-11(17-2)10(5-9)12(14)15/h3-6H,7H2,1-2H3,(H3,14,15). The second-order valence-corrected chi connectivity index (χ2v) is 6.07. The highest BCUT2D eigenvalue weighted by molar-refractivity contribution is 8.00. The quantitative estimate of drug-likeness (QED) is 0.505. The van der Waals surface area contributed by atoms with Crippen molar-refractivity contribution < 1.29 is 4.74 Å². The second kappa shape index (κ2) is 6.08. The lowest BCUT2D eigenvalue weighted by atomic mass is 10.1. The summed E-state index contributed by atoms with van der Waals surface area (Å²) in [5, 5.41) is 9.60. The van der Waals surface area contributed by atoms with Gasteiger partial charge in [0.05, 0.1) is 12.7 Å². The van der Waals surface area contributed by atoms with Gasteiger partial charge in [0.2, 0.25) is 0 Å². The molecule has 0 unspecified atom stereocenters. The lowest BCUT2D eigenvalue weighted by Gasteiger charge is -2.09. The molecule has 1 heterocycles. The lowest BCUT2D eigenvalue weighted by Crippen LogP contribution is -2.12. The fourth-order valence-corrected chi connectivity index (χ4v) is 3.39. The van der Waals surface area contributed by atoms with E-state index in [-0.39, 0.29) is 5.84 Å². The van der Waals surface area contributed by atoms with E-state index in [1.165, 1.54) is 0 Å². The third kappa shape index (κ3) is 3.48. The third-order valence-electron chi connectivity index (χ3n) is 2.51. The molecule has 1 aromatic heterocycles. The fraction of sp³-hybridized carbons (Fsp3) is 0.231. The number of nitrogen functional groups attached to an aromatic ring is 1. The number of rotatable bonds is 5. The Balaban J connectivity index is 2.12. The molecule has 0 fully saturated rings. The van der Waals surface area contributed by atoms with Gasteiger partial charge in [-0.3, -0.25) is 5.41 Å². The maximum Gasteiger partial charge on any atom is 0.150 e. The van der Waals surface area contributed by atoms with Crippen molar-refractivity contribution in [2.75, 3.05) is 7.11 Å². The molecule has 2 rings (SSSR count). The number of hydrogen-bond acceptors (Lipinski definition) is 5. The molecular formula is C13H15N3OS2. The first kappa shape index (κ1) is 13.9. The van der Waals surface area contributed by atoms with E-state index in [1.54, 1.807) is 30.2 Å². The van der Waals surface area contributed by atoms with Gasteiger partial charge >= 0.3 is 0 Å². The summed E-state index contributed by atoms with van der Waals surface area (Å²) < 4.78 is 6.24. The van der Waals surface area contributed by atoms with Crippen LogP contribution in [-0.2, 0) is 5.75 Å². The number of thioether (sulfide) groups is 1. The van der Waals surface area contributed by atoms with E-state index in [2.05, 4.69) is 4.98 Å². The molecule has 0 aliphatic heterocycles. The highest BCUT2D eigenvalue weighted by Gasteiger charge is 2.08. The van der Waals surface area contributed by atoms with Crippen molar-refractivity contribution >= 4 is 28.9 Å². The van der Waals surface area contributed by atoms with Gasteiger partial charge in [0.1, 0.15) is 15.9 Å². The van der Waals surface area contributed by atoms with Crippen molar-refractivity contribution in [3.8, 4) is 5.75 Å². The Bertz CT molecular complexity index is 595. The van der Waals surface area contributed by atoms with Gasteiger partial charge < -0.3 is 10.5 Å². The van der Waals surface area contributed by atoms with Crippen LogP contribution < -0.4 is 10.5 Å². The summed E-state index contributed by atoms with van der Waals surface area (Å²) in [6.45, 7) is 1.99. The SMILES string of the molecule is COc1ccc(CSc2nc(C)cs2)cc1C(=N)N. The summed E-state index contributed by atoms with van der Waals surface area (Å²) >= 11 is 3.33. The van der Waals surface area contributed by atoms with E-state index in [0.717, 1.165) is 21.3 Å². The Morgan fingerprint density at radius 1 is 1.53 bits per heavy atom. The van der Waals surface area contributed by atoms with E-state index in [4.69, 9.17) is 15.9 Å². The Morgan fingerprint density at radius 3 is 2.89 bits per heavy atom. The van der Waals surface area contributed by atoms with E-state index in [9.17, 15) is 0 Å². The van der Waals surface area contributed by atoms with Crippen molar-refractivity contribution in [2.45, 2.75) is 17.0 Å². The van der Waals surface area contributed by atoms with Crippen molar-refractivity contribution in [1.82, 2.24) is 4.98 Å². The van der Waals surface area contributed by atoms with Crippen LogP contribution >= 0.6 is 23.1 Å². The van der Waals surface area contributed by atoms with Crippen molar-refractivity contribution in [3.05, 3.63) is 40.4 Å². The molecule has 2 aromatic rings. The first-order chi connectivity index (χ1) is 9.10. The number of benzene rings is 1. The summed E-state index contributed by atoms with van der Waals surface area (Å²) in [5.41, 5.74) is 8.34. The van der Waals surface area contributed by atoms with Gasteiger partial charge in [0.15, 0.2) is 0 Å². The van der Waals surface area contributed by atoms with E-state index >= 15 is 0 Å². The van der Waals surface area contributed by atoms with Crippen LogP contribution in [0.15, 0.2) is 27.9 Å². The third-order valence-corrected chi connectivity index (χ3v) is 4.72. The predicted octanol–water partition coefficient (Wildman–Crippen LogP) is 3.04. The number of amidine groups is 1. The van der Waals surface area contributed by atoms with Gasteiger partial charge in [-0.2, -0.15) is 0 Å². The number of thiazole rings is 1. The van der Waals surface area contributed by atoms with Crippen LogP contribution in [0.25, 0.3) is 0 Å². The average Bonchev–Trinajstić information content (AvgIpc) is 2.81. The Hall–Kier alpha value is -1.53. The summed E-state index contributed by atoms with van der Waals surface area (Å²) in [4.78, 5) is 4.41. The number of nitrogens with one attached hydrogen (secondary N) is 1. The lowest BCUT2D eigenvalue weighted by molar-refractivity contribution is 0.413.